The molecule has 0 aromatic rings. The molecule has 2 N–H and O–H groups in total. The fraction of sp³-hybridized carbons (Fsp3) is 1.00. The van der Waals surface area contributed by atoms with Crippen LogP contribution in [0.15, 0.2) is 0 Å². The monoisotopic (exact) mass is 338 g/mol. The van der Waals surface area contributed by atoms with Crippen molar-refractivity contribution in [2.75, 3.05) is 0 Å². The van der Waals surface area contributed by atoms with Crippen LogP contribution in [-0.2, 0) is 0 Å². The first kappa shape index (κ1) is 16.7. The van der Waals surface area contributed by atoms with E-state index < -0.39 is 11.2 Å². The van der Waals surface area contributed by atoms with Crippen LogP contribution < -0.4 is 0 Å². The Morgan fingerprint density at radius 1 is 0.652 bits per heavy atom. The minimum absolute atomic E-state index is 0.278. The Morgan fingerprint density at radius 2 is 1.00 bits per heavy atom. The zero-order valence-corrected chi connectivity index (χ0v) is 16.4. The summed E-state index contributed by atoms with van der Waals surface area (Å²) in [6, 6.07) is 0. The van der Waals surface area contributed by atoms with E-state index in [2.05, 4.69) is 27.7 Å². The third kappa shape index (κ3) is 2.36. The van der Waals surface area contributed by atoms with Crippen LogP contribution in [0.4, 0.5) is 0 Å². The molecule has 0 unspecified atom stereocenters. The van der Waals surface area contributed by atoms with E-state index in [1.165, 1.54) is 0 Å². The van der Waals surface area contributed by atoms with Gasteiger partial charge in [-0.3, -0.25) is 0 Å². The van der Waals surface area contributed by atoms with Crippen LogP contribution in [0.3, 0.4) is 0 Å². The molecule has 0 aromatic carbocycles. The lowest BCUT2D eigenvalue weighted by Gasteiger charge is -2.43. The molecule has 0 heterocycles. The Balaban J connectivity index is 1.49. The largest absolute Gasteiger partial charge is 0.389 e. The molecule has 0 amide bonds. The van der Waals surface area contributed by atoms with Gasteiger partial charge < -0.3 is 10.2 Å². The van der Waals surface area contributed by atoms with Gasteiger partial charge >= 0.3 is 0 Å². The highest BCUT2D eigenvalue weighted by Gasteiger charge is 2.66. The van der Waals surface area contributed by atoms with Gasteiger partial charge in [-0.25, -0.2) is 0 Å². The minimum atomic E-state index is -0.578. The van der Waals surface area contributed by atoms with Gasteiger partial charge in [-0.1, -0.05) is 27.7 Å². The van der Waals surface area contributed by atoms with Gasteiger partial charge in [0.15, 0.2) is 0 Å². The summed E-state index contributed by atoms with van der Waals surface area (Å²) in [4.78, 5) is 0. The Kier molecular flexibility index (Phi) is 3.28. The van der Waals surface area contributed by atoms with Crippen molar-refractivity contribution in [3.05, 3.63) is 0 Å². The first-order valence-electron chi connectivity index (χ1n) is 9.47. The maximum absolute atomic E-state index is 11.0. The topological polar surface area (TPSA) is 40.5 Å². The van der Waals surface area contributed by atoms with E-state index in [9.17, 15) is 10.2 Å². The van der Waals surface area contributed by atoms with Crippen LogP contribution in [0.1, 0.15) is 67.2 Å². The van der Waals surface area contributed by atoms with Gasteiger partial charge in [0.1, 0.15) is 0 Å². The quantitative estimate of drug-likeness (QED) is 0.797. The van der Waals surface area contributed by atoms with E-state index in [-0.39, 0.29) is 10.5 Å². The van der Waals surface area contributed by atoms with Crippen LogP contribution in [0.25, 0.3) is 0 Å². The van der Waals surface area contributed by atoms with Gasteiger partial charge in [-0.2, -0.15) is 0 Å². The molecule has 3 heteroatoms. The van der Waals surface area contributed by atoms with E-state index in [0.717, 1.165) is 37.5 Å². The van der Waals surface area contributed by atoms with Gasteiger partial charge in [0.2, 0.25) is 0 Å². The third-order valence-electron chi connectivity index (χ3n) is 8.49. The van der Waals surface area contributed by atoms with Gasteiger partial charge in [0, 0.05) is 10.5 Å². The van der Waals surface area contributed by atoms with Gasteiger partial charge in [-0.15, -0.1) is 11.8 Å². The summed E-state index contributed by atoms with van der Waals surface area (Å²) < 4.78 is 0. The predicted octanol–water partition coefficient (Wildman–Crippen LogP) is 4.09. The lowest BCUT2D eigenvalue weighted by atomic mass is 9.85. The first-order chi connectivity index (χ1) is 10.4. The summed E-state index contributed by atoms with van der Waals surface area (Å²) in [6.45, 7) is 13.5. The highest BCUT2D eigenvalue weighted by molar-refractivity contribution is 8.00. The van der Waals surface area contributed by atoms with Crippen LogP contribution in [0.5, 0.6) is 0 Å². The van der Waals surface area contributed by atoms with Crippen molar-refractivity contribution in [2.45, 2.75) is 88.9 Å². The summed E-state index contributed by atoms with van der Waals surface area (Å²) in [5.41, 5.74) is -0.326. The summed E-state index contributed by atoms with van der Waals surface area (Å²) in [5.74, 6) is 2.96. The van der Waals surface area contributed by atoms with Crippen LogP contribution in [0.2, 0.25) is 0 Å². The van der Waals surface area contributed by atoms with E-state index in [0.29, 0.717) is 22.7 Å². The molecule has 23 heavy (non-hydrogen) atoms. The number of aliphatic hydroxyl groups is 2. The second-order valence-electron chi connectivity index (χ2n) is 10.8. The highest BCUT2D eigenvalue weighted by Crippen LogP contribution is 2.70. The number of thioether (sulfide) groups is 1. The highest BCUT2D eigenvalue weighted by atomic mass is 32.2. The van der Waals surface area contributed by atoms with Gasteiger partial charge in [0.25, 0.3) is 0 Å². The first-order valence-corrected chi connectivity index (χ1v) is 10.4. The Morgan fingerprint density at radius 3 is 1.35 bits per heavy atom. The van der Waals surface area contributed by atoms with Crippen LogP contribution in [0, 0.1) is 34.5 Å². The number of rotatable bonds is 2. The Hall–Kier alpha value is 0.270. The molecular weight excluding hydrogens is 304 g/mol. The molecule has 4 rings (SSSR count). The second-order valence-corrected chi connectivity index (χ2v) is 12.2. The van der Waals surface area contributed by atoms with E-state index in [4.69, 9.17) is 0 Å². The Bertz CT molecular complexity index is 476. The van der Waals surface area contributed by atoms with Crippen molar-refractivity contribution in [3.8, 4) is 0 Å². The van der Waals surface area contributed by atoms with Crippen molar-refractivity contribution in [1.29, 1.82) is 0 Å². The molecule has 132 valence electrons. The van der Waals surface area contributed by atoms with Crippen LogP contribution in [-0.4, -0.2) is 31.9 Å². The molecule has 4 aliphatic carbocycles. The van der Waals surface area contributed by atoms with E-state index in [1.54, 1.807) is 0 Å². The Labute approximate surface area is 145 Å². The fourth-order valence-electron chi connectivity index (χ4n) is 6.19. The lowest BCUT2D eigenvalue weighted by molar-refractivity contribution is 0.0154. The van der Waals surface area contributed by atoms with Crippen molar-refractivity contribution >= 4 is 11.8 Å². The van der Waals surface area contributed by atoms with E-state index >= 15 is 0 Å². The molecule has 4 saturated carbocycles. The molecule has 0 radical (unpaired) electrons. The molecule has 0 bridgehead atoms. The molecule has 8 atom stereocenters. The third-order valence-corrected chi connectivity index (χ3v) is 10.6. The fourth-order valence-corrected chi connectivity index (χ4v) is 8.00. The maximum Gasteiger partial charge on any atom is 0.0741 e. The van der Waals surface area contributed by atoms with Crippen molar-refractivity contribution in [1.82, 2.24) is 0 Å². The second kappa shape index (κ2) is 4.51. The number of hydrogen-bond acceptors (Lipinski definition) is 3. The lowest BCUT2D eigenvalue weighted by Crippen LogP contribution is -2.47. The molecule has 4 aliphatic rings. The molecule has 4 fully saturated rings. The SMILES string of the molecule is CC1(C)[C@@H]2C[C@@](C)(O)[C@H](S[C@@H]3C[C@H]4[C@@H](C[C@@]3(C)O)C4(C)C)C[C@@H]21. The van der Waals surface area contributed by atoms with Gasteiger partial charge in [-0.05, 0) is 74.0 Å². The molecule has 0 saturated heterocycles. The number of hydrogen-bond donors (Lipinski definition) is 2. The molecular formula is C20H34O2S. The standard InChI is InChI=1S/C20H34O2S/c1-17(2)11-7-15(19(5,21)9-13(11)17)23-16-8-12-14(18(12,3)4)10-20(16,6)22/h11-16,21-22H,7-10H2,1-6H3/t11-,12-,13+,14+,15+,16+,19+,20+/m0/s1. The molecule has 0 spiro atoms. The van der Waals surface area contributed by atoms with Crippen LogP contribution >= 0.6 is 11.8 Å². The summed E-state index contributed by atoms with van der Waals surface area (Å²) >= 11 is 1.92. The maximum atomic E-state index is 11.0. The zero-order chi connectivity index (χ0) is 17.0. The minimum Gasteiger partial charge on any atom is -0.389 e. The molecule has 0 aliphatic heterocycles. The molecule has 0 aromatic heterocycles. The van der Waals surface area contributed by atoms with Crippen molar-refractivity contribution in [2.24, 2.45) is 34.5 Å². The average Bonchev–Trinajstić information content (AvgIpc) is 3.10. The van der Waals surface area contributed by atoms with Crippen molar-refractivity contribution in [3.63, 3.8) is 0 Å². The predicted molar refractivity (Wildman–Crippen MR) is 96.4 cm³/mol. The van der Waals surface area contributed by atoms with E-state index in [1.807, 2.05) is 25.6 Å². The summed E-state index contributed by atoms with van der Waals surface area (Å²) in [7, 11) is 0. The number of fused-ring (bicyclic) bond motifs is 2. The zero-order valence-electron chi connectivity index (χ0n) is 15.6. The average molecular weight is 339 g/mol. The normalized spacial score (nSPS) is 59.0. The summed E-state index contributed by atoms with van der Waals surface area (Å²) in [5, 5.41) is 22.6. The molecule has 2 nitrogen and oxygen atoms in total. The summed E-state index contributed by atoms with van der Waals surface area (Å²) in [6.07, 6.45) is 4.13. The van der Waals surface area contributed by atoms with Gasteiger partial charge in [0.05, 0.1) is 11.2 Å². The smallest absolute Gasteiger partial charge is 0.0741 e. The van der Waals surface area contributed by atoms with Crippen molar-refractivity contribution < 1.29 is 10.2 Å².